The highest BCUT2D eigenvalue weighted by Gasteiger charge is 2.30. The van der Waals surface area contributed by atoms with Gasteiger partial charge in [0.25, 0.3) is 0 Å². The minimum Gasteiger partial charge on any atom is -0.406 e. The molecule has 1 rings (SSSR count). The maximum Gasteiger partial charge on any atom is 0.573 e. The number of benzene rings is 1. The zero-order valence-electron chi connectivity index (χ0n) is 9.93. The zero-order valence-corrected chi connectivity index (χ0v) is 11.5. The Bertz CT molecular complexity index is 396. The molecule has 0 aromatic heterocycles. The summed E-state index contributed by atoms with van der Waals surface area (Å²) in [7, 11) is 0. The van der Waals surface area contributed by atoms with E-state index in [4.69, 9.17) is 0 Å². The lowest BCUT2D eigenvalue weighted by atomic mass is 10.1. The summed E-state index contributed by atoms with van der Waals surface area (Å²) >= 11 is 3.33. The molecule has 0 spiro atoms. The Balaban J connectivity index is 2.60. The van der Waals surface area contributed by atoms with Crippen molar-refractivity contribution in [2.24, 2.45) is 0 Å². The van der Waals surface area contributed by atoms with Gasteiger partial charge in [-0.2, -0.15) is 0 Å². The Morgan fingerprint density at radius 1 is 1.28 bits per heavy atom. The summed E-state index contributed by atoms with van der Waals surface area (Å²) in [5, 5.41) is 0.905. The fourth-order valence-electron chi connectivity index (χ4n) is 1.50. The van der Waals surface area contributed by atoms with Crippen molar-refractivity contribution in [3.63, 3.8) is 0 Å². The third-order valence-electron chi connectivity index (χ3n) is 2.24. The third kappa shape index (κ3) is 6.10. The molecule has 0 fully saturated rings. The van der Waals surface area contributed by atoms with Crippen LogP contribution in [0, 0.1) is 0 Å². The van der Waals surface area contributed by atoms with Crippen LogP contribution in [-0.2, 0) is 6.42 Å². The summed E-state index contributed by atoms with van der Waals surface area (Å²) in [6.45, 7) is 2.00. The van der Waals surface area contributed by atoms with Gasteiger partial charge < -0.3 is 4.74 Å². The maximum absolute atomic E-state index is 12.0. The standard InChI is InChI=1S/C13H14BrF3O/c1-10(3-2-8-14)9-11-4-6-12(7-5-11)18-13(15,16)17/h3-7H,2,8-9H2,1H3. The van der Waals surface area contributed by atoms with Crippen molar-refractivity contribution in [1.29, 1.82) is 0 Å². The Labute approximate surface area is 113 Å². The monoisotopic (exact) mass is 322 g/mol. The van der Waals surface area contributed by atoms with Crippen molar-refractivity contribution in [3.05, 3.63) is 41.5 Å². The first kappa shape index (κ1) is 15.1. The first-order valence-electron chi connectivity index (χ1n) is 5.47. The van der Waals surface area contributed by atoms with Crippen LogP contribution in [0.25, 0.3) is 0 Å². The fraction of sp³-hybridized carbons (Fsp3) is 0.385. The number of allylic oxidation sites excluding steroid dienone is 2. The highest BCUT2D eigenvalue weighted by molar-refractivity contribution is 9.09. The molecule has 0 radical (unpaired) electrons. The molecule has 0 aliphatic heterocycles. The van der Waals surface area contributed by atoms with Gasteiger partial charge in [-0.05, 0) is 37.5 Å². The van der Waals surface area contributed by atoms with E-state index in [0.717, 1.165) is 23.7 Å². The van der Waals surface area contributed by atoms with Crippen molar-refractivity contribution in [3.8, 4) is 5.75 Å². The SMILES string of the molecule is CC(=CCCBr)Cc1ccc(OC(F)(F)F)cc1. The Kier molecular flexibility index (Phi) is 5.72. The van der Waals surface area contributed by atoms with Gasteiger partial charge in [-0.15, -0.1) is 13.2 Å². The molecule has 0 saturated carbocycles. The van der Waals surface area contributed by atoms with Crippen molar-refractivity contribution in [2.75, 3.05) is 5.33 Å². The van der Waals surface area contributed by atoms with Gasteiger partial charge in [0.05, 0.1) is 0 Å². The molecular formula is C13H14BrF3O. The number of ether oxygens (including phenoxy) is 1. The van der Waals surface area contributed by atoms with E-state index in [1.807, 2.05) is 6.92 Å². The van der Waals surface area contributed by atoms with Crippen LogP contribution in [0.1, 0.15) is 18.9 Å². The van der Waals surface area contributed by atoms with Gasteiger partial charge in [-0.3, -0.25) is 0 Å². The lowest BCUT2D eigenvalue weighted by molar-refractivity contribution is -0.274. The van der Waals surface area contributed by atoms with Gasteiger partial charge in [0.1, 0.15) is 5.75 Å². The average molecular weight is 323 g/mol. The summed E-state index contributed by atoms with van der Waals surface area (Å²) in [4.78, 5) is 0. The number of alkyl halides is 4. The van der Waals surface area contributed by atoms with E-state index < -0.39 is 6.36 Å². The average Bonchev–Trinajstić information content (AvgIpc) is 2.27. The first-order chi connectivity index (χ1) is 8.40. The molecule has 0 atom stereocenters. The molecule has 1 nitrogen and oxygen atoms in total. The van der Waals surface area contributed by atoms with Gasteiger partial charge in [0, 0.05) is 5.33 Å². The van der Waals surface area contributed by atoms with Crippen molar-refractivity contribution in [1.82, 2.24) is 0 Å². The zero-order chi connectivity index (χ0) is 13.6. The fourth-order valence-corrected chi connectivity index (χ4v) is 1.73. The molecule has 0 aliphatic rings. The molecular weight excluding hydrogens is 309 g/mol. The second kappa shape index (κ2) is 6.83. The number of halogens is 4. The number of hydrogen-bond donors (Lipinski definition) is 0. The van der Waals surface area contributed by atoms with Crippen molar-refractivity contribution >= 4 is 15.9 Å². The van der Waals surface area contributed by atoms with Crippen LogP contribution in [0.2, 0.25) is 0 Å². The summed E-state index contributed by atoms with van der Waals surface area (Å²) in [5.74, 6) is -0.187. The number of hydrogen-bond acceptors (Lipinski definition) is 1. The Morgan fingerprint density at radius 3 is 2.39 bits per heavy atom. The van der Waals surface area contributed by atoms with E-state index in [1.54, 1.807) is 12.1 Å². The summed E-state index contributed by atoms with van der Waals surface area (Å²) in [6, 6.07) is 5.96. The quantitative estimate of drug-likeness (QED) is 0.555. The molecule has 100 valence electrons. The summed E-state index contributed by atoms with van der Waals surface area (Å²) in [6.07, 6.45) is -0.845. The highest BCUT2D eigenvalue weighted by Crippen LogP contribution is 2.23. The molecule has 0 saturated heterocycles. The lowest BCUT2D eigenvalue weighted by Crippen LogP contribution is -2.17. The largest absolute Gasteiger partial charge is 0.573 e. The van der Waals surface area contributed by atoms with Crippen LogP contribution in [0.5, 0.6) is 5.75 Å². The van der Waals surface area contributed by atoms with Crippen molar-refractivity contribution in [2.45, 2.75) is 26.1 Å². The smallest absolute Gasteiger partial charge is 0.406 e. The summed E-state index contributed by atoms with van der Waals surface area (Å²) < 4.78 is 39.7. The van der Waals surface area contributed by atoms with Crippen LogP contribution < -0.4 is 4.74 Å². The van der Waals surface area contributed by atoms with Crippen LogP contribution >= 0.6 is 15.9 Å². The maximum atomic E-state index is 12.0. The minimum absolute atomic E-state index is 0.187. The van der Waals surface area contributed by atoms with Gasteiger partial charge in [-0.1, -0.05) is 39.7 Å². The molecule has 18 heavy (non-hydrogen) atoms. The molecule has 1 aromatic rings. The van der Waals surface area contributed by atoms with Crippen molar-refractivity contribution < 1.29 is 17.9 Å². The van der Waals surface area contributed by atoms with E-state index in [0.29, 0.717) is 0 Å². The Morgan fingerprint density at radius 2 is 1.89 bits per heavy atom. The number of rotatable bonds is 5. The van der Waals surface area contributed by atoms with Crippen LogP contribution in [0.3, 0.4) is 0 Å². The molecule has 0 aliphatic carbocycles. The second-order valence-electron chi connectivity index (χ2n) is 3.90. The van der Waals surface area contributed by atoms with E-state index in [1.165, 1.54) is 17.7 Å². The predicted octanol–water partition coefficient (Wildman–Crippen LogP) is 4.86. The molecule has 0 bridgehead atoms. The van der Waals surface area contributed by atoms with Crippen LogP contribution in [0.4, 0.5) is 13.2 Å². The molecule has 0 unspecified atom stereocenters. The van der Waals surface area contributed by atoms with Gasteiger partial charge in [0.2, 0.25) is 0 Å². The Hall–Kier alpha value is -0.970. The topological polar surface area (TPSA) is 9.23 Å². The summed E-state index contributed by atoms with van der Waals surface area (Å²) in [5.41, 5.74) is 2.16. The minimum atomic E-state index is -4.63. The second-order valence-corrected chi connectivity index (χ2v) is 4.69. The lowest BCUT2D eigenvalue weighted by Gasteiger charge is -2.09. The third-order valence-corrected chi connectivity index (χ3v) is 2.70. The van der Waals surface area contributed by atoms with E-state index in [2.05, 4.69) is 26.7 Å². The van der Waals surface area contributed by atoms with Gasteiger partial charge >= 0.3 is 6.36 Å². The molecule has 5 heteroatoms. The van der Waals surface area contributed by atoms with Crippen LogP contribution in [0.15, 0.2) is 35.9 Å². The molecule has 0 heterocycles. The first-order valence-corrected chi connectivity index (χ1v) is 6.59. The van der Waals surface area contributed by atoms with E-state index in [9.17, 15) is 13.2 Å². The van der Waals surface area contributed by atoms with E-state index >= 15 is 0 Å². The molecule has 1 aromatic carbocycles. The normalized spacial score (nSPS) is 12.6. The van der Waals surface area contributed by atoms with E-state index in [-0.39, 0.29) is 5.75 Å². The van der Waals surface area contributed by atoms with Gasteiger partial charge in [-0.25, -0.2) is 0 Å². The van der Waals surface area contributed by atoms with Crippen LogP contribution in [-0.4, -0.2) is 11.7 Å². The molecule has 0 N–H and O–H groups in total. The van der Waals surface area contributed by atoms with Gasteiger partial charge in [0.15, 0.2) is 0 Å². The highest BCUT2D eigenvalue weighted by atomic mass is 79.9. The molecule has 0 amide bonds. The predicted molar refractivity (Wildman–Crippen MR) is 69.0 cm³/mol.